The van der Waals surface area contributed by atoms with Gasteiger partial charge in [0.2, 0.25) is 6.41 Å². The van der Waals surface area contributed by atoms with Crippen LogP contribution in [0.2, 0.25) is 0 Å². The molecule has 0 aromatic heterocycles. The van der Waals surface area contributed by atoms with E-state index in [1.807, 2.05) is 4.90 Å². The number of hydrogen-bond donors (Lipinski definition) is 0. The second kappa shape index (κ2) is 7.74. The molecule has 0 aromatic rings. The topological polar surface area (TPSA) is 32.8 Å². The Balaban J connectivity index is 1.56. The van der Waals surface area contributed by atoms with Crippen LogP contribution in [0.1, 0.15) is 38.5 Å². The molecule has 1 amide bonds. The molecular formula is C14H26N2O2. The fraction of sp³-hybridized carbons (Fsp3) is 0.929. The molecule has 4 nitrogen and oxygen atoms in total. The summed E-state index contributed by atoms with van der Waals surface area (Å²) >= 11 is 0. The first kappa shape index (κ1) is 13.8. The molecular weight excluding hydrogens is 228 g/mol. The van der Waals surface area contributed by atoms with E-state index in [2.05, 4.69) is 4.90 Å². The summed E-state index contributed by atoms with van der Waals surface area (Å²) in [6.07, 6.45) is 9.40. The van der Waals surface area contributed by atoms with Crippen molar-refractivity contribution in [1.29, 1.82) is 0 Å². The first-order valence-electron chi connectivity index (χ1n) is 7.42. The molecule has 2 aliphatic rings. The summed E-state index contributed by atoms with van der Waals surface area (Å²) in [4.78, 5) is 14.9. The molecule has 4 heteroatoms. The van der Waals surface area contributed by atoms with Crippen LogP contribution in [0.15, 0.2) is 0 Å². The van der Waals surface area contributed by atoms with Gasteiger partial charge in [0, 0.05) is 32.7 Å². The second-order valence-electron chi connectivity index (χ2n) is 5.47. The lowest BCUT2D eigenvalue weighted by Crippen LogP contribution is -2.46. The van der Waals surface area contributed by atoms with E-state index in [4.69, 9.17) is 4.74 Å². The van der Waals surface area contributed by atoms with Crippen molar-refractivity contribution in [3.8, 4) is 0 Å². The number of piperazine rings is 1. The first-order valence-corrected chi connectivity index (χ1v) is 7.42. The molecule has 1 saturated heterocycles. The molecule has 2 rings (SSSR count). The second-order valence-corrected chi connectivity index (χ2v) is 5.47. The molecule has 0 N–H and O–H groups in total. The summed E-state index contributed by atoms with van der Waals surface area (Å²) in [6.45, 7) is 5.59. The molecule has 2 fully saturated rings. The highest BCUT2D eigenvalue weighted by atomic mass is 16.5. The van der Waals surface area contributed by atoms with Crippen molar-refractivity contribution >= 4 is 6.41 Å². The number of rotatable bonds is 5. The fourth-order valence-electron chi connectivity index (χ4n) is 2.85. The third-order valence-electron chi connectivity index (χ3n) is 4.12. The molecule has 0 atom stereocenters. The van der Waals surface area contributed by atoms with Gasteiger partial charge in [-0.25, -0.2) is 0 Å². The van der Waals surface area contributed by atoms with Crippen molar-refractivity contribution in [2.75, 3.05) is 39.3 Å². The number of carbonyl (C=O) groups excluding carboxylic acids is 1. The molecule has 1 saturated carbocycles. The Bertz CT molecular complexity index is 232. The molecule has 1 aliphatic heterocycles. The van der Waals surface area contributed by atoms with Gasteiger partial charge in [0.1, 0.15) is 0 Å². The number of ether oxygens (including phenoxy) is 1. The Labute approximate surface area is 110 Å². The first-order chi connectivity index (χ1) is 8.88. The van der Waals surface area contributed by atoms with Crippen molar-refractivity contribution in [1.82, 2.24) is 9.80 Å². The Morgan fingerprint density at radius 3 is 2.28 bits per heavy atom. The summed E-state index contributed by atoms with van der Waals surface area (Å²) < 4.78 is 5.99. The monoisotopic (exact) mass is 254 g/mol. The Kier molecular flexibility index (Phi) is 5.94. The SMILES string of the molecule is O=CN1CCN(CCOC2CCCCCC2)CC1. The lowest BCUT2D eigenvalue weighted by Gasteiger charge is -2.32. The third kappa shape index (κ3) is 4.58. The maximum absolute atomic E-state index is 10.6. The van der Waals surface area contributed by atoms with Gasteiger partial charge in [-0.15, -0.1) is 0 Å². The van der Waals surface area contributed by atoms with Crippen molar-refractivity contribution in [3.63, 3.8) is 0 Å². The zero-order chi connectivity index (χ0) is 12.6. The van der Waals surface area contributed by atoms with Crippen molar-refractivity contribution in [3.05, 3.63) is 0 Å². The van der Waals surface area contributed by atoms with E-state index in [9.17, 15) is 4.79 Å². The summed E-state index contributed by atoms with van der Waals surface area (Å²) in [5.41, 5.74) is 0. The average Bonchev–Trinajstić information content (AvgIpc) is 2.68. The predicted octanol–water partition coefficient (Wildman–Crippen LogP) is 1.50. The molecule has 0 aromatic carbocycles. The number of hydrogen-bond acceptors (Lipinski definition) is 3. The maximum Gasteiger partial charge on any atom is 0.209 e. The number of nitrogens with zero attached hydrogens (tertiary/aromatic N) is 2. The lowest BCUT2D eigenvalue weighted by molar-refractivity contribution is -0.119. The van der Waals surface area contributed by atoms with Gasteiger partial charge in [0.05, 0.1) is 12.7 Å². The summed E-state index contributed by atoms with van der Waals surface area (Å²) in [5.74, 6) is 0. The highest BCUT2D eigenvalue weighted by Crippen LogP contribution is 2.19. The highest BCUT2D eigenvalue weighted by Gasteiger charge is 2.16. The molecule has 18 heavy (non-hydrogen) atoms. The van der Waals surface area contributed by atoms with Crippen LogP contribution in [0, 0.1) is 0 Å². The minimum absolute atomic E-state index is 0.503. The van der Waals surface area contributed by atoms with Gasteiger partial charge in [-0.3, -0.25) is 9.69 Å². The number of carbonyl (C=O) groups is 1. The summed E-state index contributed by atoms with van der Waals surface area (Å²) in [6, 6.07) is 0. The normalized spacial score (nSPS) is 23.9. The van der Waals surface area contributed by atoms with Crippen LogP contribution in [0.25, 0.3) is 0 Å². The van der Waals surface area contributed by atoms with E-state index in [-0.39, 0.29) is 0 Å². The summed E-state index contributed by atoms with van der Waals surface area (Å²) in [7, 11) is 0. The van der Waals surface area contributed by atoms with E-state index in [0.717, 1.165) is 45.7 Å². The molecule has 0 unspecified atom stereocenters. The van der Waals surface area contributed by atoms with Crippen molar-refractivity contribution in [2.45, 2.75) is 44.6 Å². The van der Waals surface area contributed by atoms with E-state index in [1.54, 1.807) is 0 Å². The Hall–Kier alpha value is -0.610. The molecule has 1 aliphatic carbocycles. The molecule has 0 spiro atoms. The van der Waals surface area contributed by atoms with Gasteiger partial charge in [-0.05, 0) is 12.8 Å². The van der Waals surface area contributed by atoms with Crippen LogP contribution in [-0.2, 0) is 9.53 Å². The standard InChI is InChI=1S/C14H26N2O2/c17-13-16-9-7-15(8-10-16)11-12-18-14-5-3-1-2-4-6-14/h13-14H,1-12H2. The highest BCUT2D eigenvalue weighted by molar-refractivity contribution is 5.47. The quantitative estimate of drug-likeness (QED) is 0.550. The lowest BCUT2D eigenvalue weighted by atomic mass is 10.1. The summed E-state index contributed by atoms with van der Waals surface area (Å²) in [5, 5.41) is 0. The van der Waals surface area contributed by atoms with E-state index >= 15 is 0 Å². The molecule has 1 heterocycles. The smallest absolute Gasteiger partial charge is 0.209 e. The zero-order valence-electron chi connectivity index (χ0n) is 11.4. The third-order valence-corrected chi connectivity index (χ3v) is 4.12. The van der Waals surface area contributed by atoms with Crippen LogP contribution in [0.3, 0.4) is 0 Å². The molecule has 0 bridgehead atoms. The van der Waals surface area contributed by atoms with Gasteiger partial charge in [-0.2, -0.15) is 0 Å². The molecule has 104 valence electrons. The van der Waals surface area contributed by atoms with Gasteiger partial charge in [0.25, 0.3) is 0 Å². The van der Waals surface area contributed by atoms with Crippen molar-refractivity contribution < 1.29 is 9.53 Å². The Morgan fingerprint density at radius 2 is 1.67 bits per heavy atom. The van der Waals surface area contributed by atoms with Gasteiger partial charge in [0.15, 0.2) is 0 Å². The zero-order valence-corrected chi connectivity index (χ0v) is 11.4. The van der Waals surface area contributed by atoms with Crippen LogP contribution >= 0.6 is 0 Å². The van der Waals surface area contributed by atoms with Crippen molar-refractivity contribution in [2.24, 2.45) is 0 Å². The van der Waals surface area contributed by atoms with E-state index in [1.165, 1.54) is 38.5 Å². The van der Waals surface area contributed by atoms with Crippen LogP contribution in [-0.4, -0.2) is 61.6 Å². The van der Waals surface area contributed by atoms with E-state index < -0.39 is 0 Å². The predicted molar refractivity (Wildman–Crippen MR) is 71.5 cm³/mol. The minimum Gasteiger partial charge on any atom is -0.377 e. The van der Waals surface area contributed by atoms with E-state index in [0.29, 0.717) is 6.10 Å². The van der Waals surface area contributed by atoms with Gasteiger partial charge in [-0.1, -0.05) is 25.7 Å². The Morgan fingerprint density at radius 1 is 1.00 bits per heavy atom. The van der Waals surface area contributed by atoms with Gasteiger partial charge < -0.3 is 9.64 Å². The largest absolute Gasteiger partial charge is 0.377 e. The fourth-order valence-corrected chi connectivity index (χ4v) is 2.85. The minimum atomic E-state index is 0.503. The van der Waals surface area contributed by atoms with Crippen LogP contribution in [0.5, 0.6) is 0 Å². The van der Waals surface area contributed by atoms with Crippen LogP contribution < -0.4 is 0 Å². The average molecular weight is 254 g/mol. The maximum atomic E-state index is 10.6. The van der Waals surface area contributed by atoms with Gasteiger partial charge >= 0.3 is 0 Å². The molecule has 0 radical (unpaired) electrons. The number of amides is 1. The van der Waals surface area contributed by atoms with Crippen LogP contribution in [0.4, 0.5) is 0 Å².